The molecule has 3 aliphatic heterocycles. The molecular weight excluding hydrogens is 503 g/mol. The SMILES string of the molecule is CCCc1cnc(N2CCC(C3Cc4cc(C5=CCN(S(=O)(=O)CC(C)C)CC5)cc(F)c4O3)CC2)nc1. The summed E-state index contributed by atoms with van der Waals surface area (Å²) in [6, 6.07) is 3.59. The van der Waals surface area contributed by atoms with Gasteiger partial charge in [-0.2, -0.15) is 4.31 Å². The first-order chi connectivity index (χ1) is 18.2. The predicted octanol–water partition coefficient (Wildman–Crippen LogP) is 4.86. The summed E-state index contributed by atoms with van der Waals surface area (Å²) in [4.78, 5) is 11.4. The summed E-state index contributed by atoms with van der Waals surface area (Å²) in [5, 5.41) is 0. The maximum atomic E-state index is 15.1. The molecule has 0 bridgehead atoms. The third-order valence-corrected chi connectivity index (χ3v) is 10.1. The van der Waals surface area contributed by atoms with Crippen LogP contribution in [0.4, 0.5) is 10.3 Å². The van der Waals surface area contributed by atoms with Crippen LogP contribution >= 0.6 is 0 Å². The summed E-state index contributed by atoms with van der Waals surface area (Å²) in [5.41, 5.74) is 3.93. The summed E-state index contributed by atoms with van der Waals surface area (Å²) in [5.74, 6) is 1.43. The molecule has 4 heterocycles. The number of aryl methyl sites for hydroxylation is 1. The van der Waals surface area contributed by atoms with Gasteiger partial charge in [0.15, 0.2) is 11.6 Å². The number of halogens is 1. The van der Waals surface area contributed by atoms with E-state index in [-0.39, 0.29) is 23.6 Å². The third-order valence-electron chi connectivity index (χ3n) is 7.87. The van der Waals surface area contributed by atoms with E-state index < -0.39 is 10.0 Å². The quantitative estimate of drug-likeness (QED) is 0.474. The highest BCUT2D eigenvalue weighted by Gasteiger charge is 2.35. The first-order valence-corrected chi connectivity index (χ1v) is 15.6. The number of fused-ring (bicyclic) bond motifs is 1. The van der Waals surface area contributed by atoms with E-state index in [2.05, 4.69) is 21.8 Å². The largest absolute Gasteiger partial charge is 0.486 e. The first kappa shape index (κ1) is 27.1. The average molecular weight is 543 g/mol. The molecule has 5 rings (SSSR count). The number of rotatable bonds is 8. The van der Waals surface area contributed by atoms with Crippen LogP contribution in [0.1, 0.15) is 63.1 Å². The number of hydrogen-bond donors (Lipinski definition) is 0. The van der Waals surface area contributed by atoms with Gasteiger partial charge in [0.1, 0.15) is 6.10 Å². The number of piperidine rings is 1. The van der Waals surface area contributed by atoms with E-state index >= 15 is 4.39 Å². The van der Waals surface area contributed by atoms with Crippen molar-refractivity contribution < 1.29 is 17.5 Å². The van der Waals surface area contributed by atoms with Gasteiger partial charge in [-0.15, -0.1) is 0 Å². The van der Waals surface area contributed by atoms with Crippen LogP contribution in [-0.4, -0.2) is 60.7 Å². The third kappa shape index (κ3) is 5.88. The molecule has 7 nitrogen and oxygen atoms in total. The Balaban J connectivity index is 1.20. The van der Waals surface area contributed by atoms with Crippen molar-refractivity contribution in [1.29, 1.82) is 0 Å². The number of ether oxygens (including phenoxy) is 1. The van der Waals surface area contributed by atoms with Crippen molar-refractivity contribution in [2.24, 2.45) is 11.8 Å². The second-order valence-electron chi connectivity index (χ2n) is 11.3. The first-order valence-electron chi connectivity index (χ1n) is 14.0. The molecule has 1 aromatic carbocycles. The fourth-order valence-corrected chi connectivity index (χ4v) is 7.61. The van der Waals surface area contributed by atoms with Gasteiger partial charge in [0.2, 0.25) is 16.0 Å². The molecule has 1 aromatic heterocycles. The topological polar surface area (TPSA) is 75.6 Å². The number of aromatic nitrogens is 2. The van der Waals surface area contributed by atoms with Gasteiger partial charge >= 0.3 is 0 Å². The van der Waals surface area contributed by atoms with Gasteiger partial charge in [-0.05, 0) is 66.4 Å². The molecule has 1 saturated heterocycles. The summed E-state index contributed by atoms with van der Waals surface area (Å²) in [6.45, 7) is 8.48. The molecular formula is C29H39FN4O3S. The van der Waals surface area contributed by atoms with Crippen LogP contribution in [-0.2, 0) is 22.9 Å². The molecule has 2 aromatic rings. The monoisotopic (exact) mass is 542 g/mol. The lowest BCUT2D eigenvalue weighted by molar-refractivity contribution is 0.134. The van der Waals surface area contributed by atoms with Gasteiger partial charge in [-0.25, -0.2) is 22.8 Å². The zero-order valence-electron chi connectivity index (χ0n) is 22.7. The second kappa shape index (κ2) is 11.3. The standard InChI is InChI=1S/C29H39FN4O3S/c1-4-5-21-17-31-29(32-18-21)33-10-6-23(7-11-33)27-16-25-14-24(15-26(30)28(25)37-27)22-8-12-34(13-9-22)38(35,36)19-20(2)3/h8,14-15,17-18,20,23,27H,4-7,9-13,16,19H2,1-3H3. The molecule has 206 valence electrons. The lowest BCUT2D eigenvalue weighted by Gasteiger charge is -2.34. The fraction of sp³-hybridized carbons (Fsp3) is 0.586. The molecule has 0 amide bonds. The van der Waals surface area contributed by atoms with Gasteiger partial charge in [-0.1, -0.05) is 33.3 Å². The van der Waals surface area contributed by atoms with E-state index in [0.29, 0.717) is 37.6 Å². The highest BCUT2D eigenvalue weighted by atomic mass is 32.2. The molecule has 1 fully saturated rings. The molecule has 38 heavy (non-hydrogen) atoms. The molecule has 0 radical (unpaired) electrons. The second-order valence-corrected chi connectivity index (χ2v) is 13.3. The molecule has 9 heteroatoms. The van der Waals surface area contributed by atoms with Gasteiger partial charge in [0, 0.05) is 50.6 Å². The molecule has 0 aliphatic carbocycles. The van der Waals surface area contributed by atoms with Crippen LogP contribution in [0.5, 0.6) is 5.75 Å². The normalized spacial score (nSPS) is 20.9. The van der Waals surface area contributed by atoms with Crippen LogP contribution in [0.25, 0.3) is 5.57 Å². The smallest absolute Gasteiger partial charge is 0.225 e. The maximum absolute atomic E-state index is 15.1. The van der Waals surface area contributed by atoms with E-state index in [1.54, 1.807) is 6.07 Å². The van der Waals surface area contributed by atoms with Crippen molar-refractivity contribution in [2.75, 3.05) is 36.8 Å². The van der Waals surface area contributed by atoms with Crippen LogP contribution in [0.2, 0.25) is 0 Å². The fourth-order valence-electron chi connectivity index (χ4n) is 5.88. The van der Waals surface area contributed by atoms with E-state index in [9.17, 15) is 8.42 Å². The van der Waals surface area contributed by atoms with E-state index in [1.165, 1.54) is 9.87 Å². The number of sulfonamides is 1. The number of nitrogens with zero attached hydrogens (tertiary/aromatic N) is 4. The molecule has 0 saturated carbocycles. The highest BCUT2D eigenvalue weighted by molar-refractivity contribution is 7.89. The number of anilines is 1. The summed E-state index contributed by atoms with van der Waals surface area (Å²) in [6.07, 6.45) is 11.0. The minimum absolute atomic E-state index is 0.0262. The Morgan fingerprint density at radius 3 is 2.50 bits per heavy atom. The summed E-state index contributed by atoms with van der Waals surface area (Å²) in [7, 11) is -3.27. The van der Waals surface area contributed by atoms with Crippen LogP contribution in [0, 0.1) is 17.7 Å². The van der Waals surface area contributed by atoms with Crippen LogP contribution < -0.4 is 9.64 Å². The maximum Gasteiger partial charge on any atom is 0.225 e. The molecule has 1 unspecified atom stereocenters. The van der Waals surface area contributed by atoms with Crippen molar-refractivity contribution in [3.63, 3.8) is 0 Å². The minimum atomic E-state index is -3.27. The summed E-state index contributed by atoms with van der Waals surface area (Å²) >= 11 is 0. The van der Waals surface area contributed by atoms with Crippen molar-refractivity contribution in [3.05, 3.63) is 53.1 Å². The Morgan fingerprint density at radius 1 is 1.13 bits per heavy atom. The molecule has 3 aliphatic rings. The Kier molecular flexibility index (Phi) is 8.05. The Labute approximate surface area is 226 Å². The van der Waals surface area contributed by atoms with Gasteiger partial charge in [0.05, 0.1) is 5.75 Å². The van der Waals surface area contributed by atoms with Gasteiger partial charge in [0.25, 0.3) is 0 Å². The highest BCUT2D eigenvalue weighted by Crippen LogP contribution is 2.39. The molecule has 1 atom stereocenters. The molecule has 0 spiro atoms. The Hall–Kier alpha value is -2.52. The lowest BCUT2D eigenvalue weighted by Crippen LogP contribution is -2.40. The average Bonchev–Trinajstić information content (AvgIpc) is 3.34. The van der Waals surface area contributed by atoms with Crippen molar-refractivity contribution in [2.45, 2.75) is 65.4 Å². The Morgan fingerprint density at radius 2 is 1.87 bits per heavy atom. The minimum Gasteiger partial charge on any atom is -0.486 e. The zero-order valence-corrected chi connectivity index (χ0v) is 23.5. The van der Waals surface area contributed by atoms with E-state index in [4.69, 9.17) is 4.74 Å². The van der Waals surface area contributed by atoms with Crippen molar-refractivity contribution in [3.8, 4) is 5.75 Å². The van der Waals surface area contributed by atoms with E-state index in [0.717, 1.165) is 61.4 Å². The van der Waals surface area contributed by atoms with Gasteiger partial charge < -0.3 is 9.64 Å². The molecule has 0 N–H and O–H groups in total. The van der Waals surface area contributed by atoms with Crippen molar-refractivity contribution >= 4 is 21.5 Å². The summed E-state index contributed by atoms with van der Waals surface area (Å²) < 4.78 is 48.0. The van der Waals surface area contributed by atoms with Crippen molar-refractivity contribution in [1.82, 2.24) is 14.3 Å². The number of hydrogen-bond acceptors (Lipinski definition) is 6. The predicted molar refractivity (Wildman–Crippen MR) is 148 cm³/mol. The van der Waals surface area contributed by atoms with Crippen LogP contribution in [0.3, 0.4) is 0 Å². The van der Waals surface area contributed by atoms with E-state index in [1.807, 2.05) is 38.4 Å². The van der Waals surface area contributed by atoms with Crippen LogP contribution in [0.15, 0.2) is 30.6 Å². The zero-order chi connectivity index (χ0) is 26.9. The van der Waals surface area contributed by atoms with Gasteiger partial charge in [-0.3, -0.25) is 0 Å². The Bertz CT molecular complexity index is 1270. The number of benzene rings is 1. The lowest BCUT2D eigenvalue weighted by atomic mass is 9.88.